The molecule has 0 saturated carbocycles. The van der Waals surface area contributed by atoms with Gasteiger partial charge in [0.15, 0.2) is 0 Å². The number of aromatic nitrogens is 1. The number of fused-ring (bicyclic) bond motifs is 1. The topological polar surface area (TPSA) is 68.7 Å². The maximum absolute atomic E-state index is 12.2. The fraction of sp³-hybridized carbons (Fsp3) is 0.455. The molecular weight excluding hydrogens is 206 g/mol. The van der Waals surface area contributed by atoms with Gasteiger partial charge in [-0.25, -0.2) is 0 Å². The van der Waals surface area contributed by atoms with E-state index in [0.29, 0.717) is 29.9 Å². The number of nitrogens with one attached hydrogen (secondary N) is 1. The van der Waals surface area contributed by atoms with Gasteiger partial charge in [-0.2, -0.15) is 0 Å². The van der Waals surface area contributed by atoms with Crippen LogP contribution in [0.5, 0.6) is 0 Å². The molecule has 1 aromatic heterocycles. The van der Waals surface area contributed by atoms with Crippen molar-refractivity contribution in [1.82, 2.24) is 9.88 Å². The van der Waals surface area contributed by atoms with Crippen LogP contribution >= 0.6 is 0 Å². The van der Waals surface area contributed by atoms with Crippen molar-refractivity contribution in [1.29, 1.82) is 0 Å². The predicted octanol–water partition coefficient (Wildman–Crippen LogP) is 1.45. The van der Waals surface area contributed by atoms with Crippen molar-refractivity contribution >= 4 is 11.6 Å². The first-order valence-electron chi connectivity index (χ1n) is 5.34. The monoisotopic (exact) mass is 221 g/mol. The normalized spacial score (nSPS) is 19.1. The Hall–Kier alpha value is -1.78. The Morgan fingerprint density at radius 3 is 2.94 bits per heavy atom. The second-order valence-electron chi connectivity index (χ2n) is 4.16. The lowest BCUT2D eigenvalue weighted by atomic mass is 10.1. The highest BCUT2D eigenvalue weighted by Crippen LogP contribution is 2.19. The molecule has 0 bridgehead atoms. The van der Waals surface area contributed by atoms with Crippen LogP contribution in [0.3, 0.4) is 0 Å². The summed E-state index contributed by atoms with van der Waals surface area (Å²) in [5, 5.41) is 12.2. The molecule has 5 heteroatoms. The highest BCUT2D eigenvalue weighted by atomic mass is 16.4. The van der Waals surface area contributed by atoms with Crippen LogP contribution in [0.4, 0.5) is 0 Å². The molecule has 0 saturated heterocycles. The van der Waals surface area contributed by atoms with Crippen LogP contribution in [0, 0.1) is 0 Å². The number of nitrogens with zero attached hydrogens (tertiary/aromatic N) is 2. The van der Waals surface area contributed by atoms with Crippen LogP contribution in [0.15, 0.2) is 17.4 Å². The van der Waals surface area contributed by atoms with Crippen LogP contribution in [-0.4, -0.2) is 39.3 Å². The Bertz CT molecular complexity index is 434. The van der Waals surface area contributed by atoms with E-state index in [0.717, 1.165) is 0 Å². The number of aromatic amines is 1. The summed E-state index contributed by atoms with van der Waals surface area (Å²) in [5.74, 6) is -0.0337. The van der Waals surface area contributed by atoms with E-state index in [4.69, 9.17) is 5.21 Å². The first-order chi connectivity index (χ1) is 7.65. The Labute approximate surface area is 93.8 Å². The van der Waals surface area contributed by atoms with Gasteiger partial charge in [0.2, 0.25) is 0 Å². The minimum absolute atomic E-state index is 0.0337. The van der Waals surface area contributed by atoms with Crippen LogP contribution in [-0.2, 0) is 0 Å². The molecule has 5 nitrogen and oxygen atoms in total. The SMILES string of the molecule is CC(C)N1CCC(=NO)c2cc[nH]c2C1=O. The van der Waals surface area contributed by atoms with E-state index < -0.39 is 0 Å². The summed E-state index contributed by atoms with van der Waals surface area (Å²) < 4.78 is 0. The van der Waals surface area contributed by atoms with Gasteiger partial charge in [-0.05, 0) is 19.9 Å². The molecule has 2 heterocycles. The predicted molar refractivity (Wildman–Crippen MR) is 59.9 cm³/mol. The van der Waals surface area contributed by atoms with E-state index in [9.17, 15) is 4.79 Å². The van der Waals surface area contributed by atoms with Crippen molar-refractivity contribution in [2.75, 3.05) is 6.54 Å². The Morgan fingerprint density at radius 2 is 2.31 bits per heavy atom. The van der Waals surface area contributed by atoms with E-state index in [1.807, 2.05) is 13.8 Å². The van der Waals surface area contributed by atoms with E-state index >= 15 is 0 Å². The Morgan fingerprint density at radius 1 is 1.56 bits per heavy atom. The van der Waals surface area contributed by atoms with Gasteiger partial charge in [-0.15, -0.1) is 0 Å². The minimum Gasteiger partial charge on any atom is -0.411 e. The Balaban J connectivity index is 2.46. The molecule has 0 aromatic carbocycles. The standard InChI is InChI=1S/C11H15N3O2/c1-7(2)14-6-4-9(13-16)8-3-5-12-10(8)11(14)15/h3,5,7,12,16H,4,6H2,1-2H3. The molecule has 0 atom stereocenters. The molecule has 86 valence electrons. The summed E-state index contributed by atoms with van der Waals surface area (Å²) in [7, 11) is 0. The van der Waals surface area contributed by atoms with Crippen LogP contribution in [0.25, 0.3) is 0 Å². The van der Waals surface area contributed by atoms with Crippen molar-refractivity contribution in [3.8, 4) is 0 Å². The molecular formula is C11H15N3O2. The average Bonchev–Trinajstić information content (AvgIpc) is 2.67. The van der Waals surface area contributed by atoms with Crippen molar-refractivity contribution in [2.24, 2.45) is 5.16 Å². The molecule has 2 rings (SSSR count). The highest BCUT2D eigenvalue weighted by Gasteiger charge is 2.28. The van der Waals surface area contributed by atoms with Crippen LogP contribution in [0.1, 0.15) is 36.3 Å². The van der Waals surface area contributed by atoms with Crippen molar-refractivity contribution in [3.05, 3.63) is 23.5 Å². The first kappa shape index (κ1) is 10.7. The van der Waals surface area contributed by atoms with E-state index in [-0.39, 0.29) is 11.9 Å². The number of oxime groups is 1. The highest BCUT2D eigenvalue weighted by molar-refractivity contribution is 6.10. The molecule has 1 aliphatic heterocycles. The molecule has 1 aromatic rings. The van der Waals surface area contributed by atoms with Gasteiger partial charge in [-0.3, -0.25) is 4.79 Å². The lowest BCUT2D eigenvalue weighted by Gasteiger charge is -2.24. The molecule has 0 fully saturated rings. The van der Waals surface area contributed by atoms with Crippen LogP contribution < -0.4 is 0 Å². The van der Waals surface area contributed by atoms with Crippen molar-refractivity contribution < 1.29 is 10.0 Å². The molecule has 0 spiro atoms. The van der Waals surface area contributed by atoms with Gasteiger partial charge in [0.1, 0.15) is 5.69 Å². The third-order valence-electron chi connectivity index (χ3n) is 2.87. The smallest absolute Gasteiger partial charge is 0.271 e. The molecule has 1 aliphatic rings. The number of hydrogen-bond donors (Lipinski definition) is 2. The van der Waals surface area contributed by atoms with Gasteiger partial charge < -0.3 is 15.1 Å². The molecule has 2 N–H and O–H groups in total. The number of amides is 1. The summed E-state index contributed by atoms with van der Waals surface area (Å²) in [4.78, 5) is 16.8. The number of carbonyl (C=O) groups excluding carboxylic acids is 1. The van der Waals surface area contributed by atoms with Gasteiger partial charge in [-0.1, -0.05) is 5.16 Å². The lowest BCUT2D eigenvalue weighted by Crippen LogP contribution is -2.37. The van der Waals surface area contributed by atoms with E-state index in [1.54, 1.807) is 17.2 Å². The van der Waals surface area contributed by atoms with E-state index in [1.165, 1.54) is 0 Å². The number of carbonyl (C=O) groups is 1. The third kappa shape index (κ3) is 1.58. The summed E-state index contributed by atoms with van der Waals surface area (Å²) >= 11 is 0. The molecule has 0 aliphatic carbocycles. The van der Waals surface area contributed by atoms with Gasteiger partial charge in [0.25, 0.3) is 5.91 Å². The molecule has 1 amide bonds. The quantitative estimate of drug-likeness (QED) is 0.556. The molecule has 0 unspecified atom stereocenters. The van der Waals surface area contributed by atoms with Crippen molar-refractivity contribution in [2.45, 2.75) is 26.3 Å². The fourth-order valence-electron chi connectivity index (χ4n) is 1.99. The number of rotatable bonds is 1. The Kier molecular flexibility index (Phi) is 2.68. The van der Waals surface area contributed by atoms with Gasteiger partial charge in [0, 0.05) is 30.8 Å². The fourth-order valence-corrected chi connectivity index (χ4v) is 1.99. The maximum Gasteiger partial charge on any atom is 0.271 e. The lowest BCUT2D eigenvalue weighted by molar-refractivity contribution is 0.0710. The number of H-pyrrole nitrogens is 1. The average molecular weight is 221 g/mol. The summed E-state index contributed by atoms with van der Waals surface area (Å²) in [6.45, 7) is 4.53. The number of hydrogen-bond acceptors (Lipinski definition) is 3. The second kappa shape index (κ2) is 4.00. The van der Waals surface area contributed by atoms with Gasteiger partial charge in [0.05, 0.1) is 5.71 Å². The zero-order valence-electron chi connectivity index (χ0n) is 9.40. The minimum atomic E-state index is -0.0337. The largest absolute Gasteiger partial charge is 0.411 e. The summed E-state index contributed by atoms with van der Waals surface area (Å²) in [6, 6.07) is 1.91. The van der Waals surface area contributed by atoms with Gasteiger partial charge >= 0.3 is 0 Å². The summed E-state index contributed by atoms with van der Waals surface area (Å²) in [5.41, 5.74) is 1.78. The van der Waals surface area contributed by atoms with Crippen LogP contribution in [0.2, 0.25) is 0 Å². The first-order valence-corrected chi connectivity index (χ1v) is 5.34. The van der Waals surface area contributed by atoms with E-state index in [2.05, 4.69) is 10.1 Å². The van der Waals surface area contributed by atoms with Crippen molar-refractivity contribution in [3.63, 3.8) is 0 Å². The maximum atomic E-state index is 12.2. The third-order valence-corrected chi connectivity index (χ3v) is 2.87. The summed E-state index contributed by atoms with van der Waals surface area (Å²) in [6.07, 6.45) is 2.27. The second-order valence-corrected chi connectivity index (χ2v) is 4.16. The zero-order valence-corrected chi connectivity index (χ0v) is 9.40. The zero-order chi connectivity index (χ0) is 11.7. The molecule has 0 radical (unpaired) electrons. The molecule has 16 heavy (non-hydrogen) atoms.